The lowest BCUT2D eigenvalue weighted by atomic mass is 10.5. The third-order valence-corrected chi connectivity index (χ3v) is 0.427. The van der Waals surface area contributed by atoms with E-state index in [2.05, 4.69) is 18.5 Å². The highest BCUT2D eigenvalue weighted by Crippen LogP contribution is 1.84. The van der Waals surface area contributed by atoms with Crippen molar-refractivity contribution in [3.63, 3.8) is 0 Å². The first-order valence-electron chi connectivity index (χ1n) is 3.21. The fourth-order valence-corrected chi connectivity index (χ4v) is 0.364. The average molecular weight is 127 g/mol. The summed E-state index contributed by atoms with van der Waals surface area (Å²) in [5.41, 5.74) is 1.88. The molecule has 0 aliphatic carbocycles. The predicted molar refractivity (Wildman–Crippen MR) is 44.1 cm³/mol. The first kappa shape index (κ1) is 11.1. The van der Waals surface area contributed by atoms with Crippen molar-refractivity contribution in [1.82, 2.24) is 5.32 Å². The molecule has 0 aromatic carbocycles. The minimum absolute atomic E-state index is 0.938. The van der Waals surface area contributed by atoms with E-state index in [0.717, 1.165) is 11.4 Å². The van der Waals surface area contributed by atoms with E-state index in [-0.39, 0.29) is 0 Å². The minimum atomic E-state index is 0.938. The van der Waals surface area contributed by atoms with Gasteiger partial charge in [-0.05, 0) is 13.8 Å². The van der Waals surface area contributed by atoms with E-state index in [4.69, 9.17) is 0 Å². The van der Waals surface area contributed by atoms with Crippen LogP contribution in [0.1, 0.15) is 27.7 Å². The zero-order valence-corrected chi connectivity index (χ0v) is 6.91. The summed E-state index contributed by atoms with van der Waals surface area (Å²) in [4.78, 5) is 0. The number of nitrogens with one attached hydrogen (secondary N) is 1. The molecule has 0 amide bonds. The summed E-state index contributed by atoms with van der Waals surface area (Å²) in [7, 11) is 0. The maximum atomic E-state index is 3.62. The molecule has 0 rings (SSSR count). The average Bonchev–Trinajstić information content (AvgIpc) is 1.68. The fraction of sp³-hybridized carbons (Fsp3) is 0.500. The standard InChI is InChI=1S/C6H11N.C2H6/c1-5(2)7-6(3)4;1-2/h7H,1,3H2,2,4H3;1-2H3. The molecule has 0 bridgehead atoms. The fourth-order valence-electron chi connectivity index (χ4n) is 0.364. The van der Waals surface area contributed by atoms with Crippen LogP contribution in [0.5, 0.6) is 0 Å². The van der Waals surface area contributed by atoms with Gasteiger partial charge in [-0.25, -0.2) is 0 Å². The molecule has 0 aliphatic rings. The molecule has 0 aromatic rings. The van der Waals surface area contributed by atoms with Gasteiger partial charge in [0.05, 0.1) is 0 Å². The second-order valence-electron chi connectivity index (χ2n) is 1.69. The van der Waals surface area contributed by atoms with Gasteiger partial charge in [-0.2, -0.15) is 0 Å². The molecule has 0 saturated heterocycles. The molecular weight excluding hydrogens is 110 g/mol. The molecule has 0 unspecified atom stereocenters. The van der Waals surface area contributed by atoms with Crippen molar-refractivity contribution in [2.24, 2.45) is 0 Å². The molecular formula is C8H17N. The van der Waals surface area contributed by atoms with E-state index in [0.29, 0.717) is 0 Å². The number of hydrogen-bond acceptors (Lipinski definition) is 1. The Bertz CT molecular complexity index is 80.7. The Morgan fingerprint density at radius 2 is 1.22 bits per heavy atom. The quantitative estimate of drug-likeness (QED) is 0.601. The molecule has 0 atom stereocenters. The Balaban J connectivity index is 0. The number of hydrogen-bond donors (Lipinski definition) is 1. The van der Waals surface area contributed by atoms with E-state index in [1.54, 1.807) is 0 Å². The molecule has 1 N–H and O–H groups in total. The van der Waals surface area contributed by atoms with Gasteiger partial charge in [-0.15, -0.1) is 0 Å². The highest BCUT2D eigenvalue weighted by Gasteiger charge is 1.77. The van der Waals surface area contributed by atoms with Crippen LogP contribution in [0, 0.1) is 0 Å². The largest absolute Gasteiger partial charge is 0.364 e. The highest BCUT2D eigenvalue weighted by molar-refractivity contribution is 4.98. The second-order valence-corrected chi connectivity index (χ2v) is 1.69. The summed E-state index contributed by atoms with van der Waals surface area (Å²) in [6.07, 6.45) is 0. The summed E-state index contributed by atoms with van der Waals surface area (Å²) >= 11 is 0. The summed E-state index contributed by atoms with van der Waals surface area (Å²) in [5, 5.41) is 2.92. The van der Waals surface area contributed by atoms with Crippen LogP contribution < -0.4 is 5.32 Å². The van der Waals surface area contributed by atoms with Crippen LogP contribution in [0.25, 0.3) is 0 Å². The Morgan fingerprint density at radius 3 is 1.22 bits per heavy atom. The molecule has 0 saturated carbocycles. The molecule has 0 spiro atoms. The third kappa shape index (κ3) is 18.9. The van der Waals surface area contributed by atoms with Gasteiger partial charge < -0.3 is 5.32 Å². The first-order chi connectivity index (χ1) is 4.13. The monoisotopic (exact) mass is 127 g/mol. The van der Waals surface area contributed by atoms with Crippen LogP contribution in [0.3, 0.4) is 0 Å². The van der Waals surface area contributed by atoms with Crippen LogP contribution >= 0.6 is 0 Å². The predicted octanol–water partition coefficient (Wildman–Crippen LogP) is 2.67. The summed E-state index contributed by atoms with van der Waals surface area (Å²) in [6, 6.07) is 0. The topological polar surface area (TPSA) is 12.0 Å². The molecule has 0 radical (unpaired) electrons. The van der Waals surface area contributed by atoms with Crippen molar-refractivity contribution in [2.75, 3.05) is 0 Å². The van der Waals surface area contributed by atoms with Gasteiger partial charge in [0.25, 0.3) is 0 Å². The Kier molecular flexibility index (Phi) is 9.00. The maximum Gasteiger partial charge on any atom is 0.00441 e. The summed E-state index contributed by atoms with van der Waals surface area (Å²) < 4.78 is 0. The van der Waals surface area contributed by atoms with Crippen LogP contribution in [0.4, 0.5) is 0 Å². The van der Waals surface area contributed by atoms with Crippen molar-refractivity contribution >= 4 is 0 Å². The summed E-state index contributed by atoms with van der Waals surface area (Å²) in [5.74, 6) is 0. The van der Waals surface area contributed by atoms with E-state index < -0.39 is 0 Å². The molecule has 0 heterocycles. The van der Waals surface area contributed by atoms with Crippen LogP contribution in [-0.2, 0) is 0 Å². The van der Waals surface area contributed by atoms with Gasteiger partial charge in [-0.3, -0.25) is 0 Å². The van der Waals surface area contributed by atoms with Gasteiger partial charge in [-0.1, -0.05) is 27.0 Å². The SMILES string of the molecule is C=C(C)NC(=C)C.CC. The van der Waals surface area contributed by atoms with Crippen LogP contribution in [0.15, 0.2) is 24.6 Å². The number of allylic oxidation sites excluding steroid dienone is 2. The van der Waals surface area contributed by atoms with Crippen molar-refractivity contribution in [1.29, 1.82) is 0 Å². The lowest BCUT2D eigenvalue weighted by Crippen LogP contribution is -2.04. The molecule has 1 nitrogen and oxygen atoms in total. The minimum Gasteiger partial charge on any atom is -0.364 e. The van der Waals surface area contributed by atoms with Crippen molar-refractivity contribution < 1.29 is 0 Å². The van der Waals surface area contributed by atoms with E-state index in [9.17, 15) is 0 Å². The molecule has 54 valence electrons. The lowest BCUT2D eigenvalue weighted by Gasteiger charge is -1.99. The Morgan fingerprint density at radius 1 is 1.00 bits per heavy atom. The van der Waals surface area contributed by atoms with E-state index in [1.165, 1.54) is 0 Å². The molecule has 9 heavy (non-hydrogen) atoms. The number of rotatable bonds is 2. The highest BCUT2D eigenvalue weighted by atomic mass is 14.9. The molecule has 0 aliphatic heterocycles. The zero-order chi connectivity index (χ0) is 7.86. The van der Waals surface area contributed by atoms with Crippen molar-refractivity contribution in [2.45, 2.75) is 27.7 Å². The lowest BCUT2D eigenvalue weighted by molar-refractivity contribution is 0.982. The Hall–Kier alpha value is -0.720. The van der Waals surface area contributed by atoms with Crippen molar-refractivity contribution in [3.05, 3.63) is 24.6 Å². The first-order valence-corrected chi connectivity index (χ1v) is 3.21. The second kappa shape index (κ2) is 7.28. The maximum absolute atomic E-state index is 3.62. The van der Waals surface area contributed by atoms with Crippen LogP contribution in [-0.4, -0.2) is 0 Å². The van der Waals surface area contributed by atoms with Crippen LogP contribution in [0.2, 0.25) is 0 Å². The smallest absolute Gasteiger partial charge is 0.00441 e. The molecule has 0 aromatic heterocycles. The normalized spacial score (nSPS) is 6.67. The van der Waals surface area contributed by atoms with E-state index in [1.807, 2.05) is 27.7 Å². The third-order valence-electron chi connectivity index (χ3n) is 0.427. The van der Waals surface area contributed by atoms with Crippen molar-refractivity contribution in [3.8, 4) is 0 Å². The zero-order valence-electron chi connectivity index (χ0n) is 6.91. The molecule has 0 fully saturated rings. The van der Waals surface area contributed by atoms with Gasteiger partial charge in [0, 0.05) is 11.4 Å². The molecule has 1 heteroatoms. The van der Waals surface area contributed by atoms with Gasteiger partial charge >= 0.3 is 0 Å². The van der Waals surface area contributed by atoms with Gasteiger partial charge in [0.2, 0.25) is 0 Å². The Labute approximate surface area is 58.5 Å². The summed E-state index contributed by atoms with van der Waals surface area (Å²) in [6.45, 7) is 15.0. The van der Waals surface area contributed by atoms with E-state index >= 15 is 0 Å². The van der Waals surface area contributed by atoms with Gasteiger partial charge in [0.1, 0.15) is 0 Å². The van der Waals surface area contributed by atoms with Gasteiger partial charge in [0.15, 0.2) is 0 Å².